The van der Waals surface area contributed by atoms with Crippen molar-refractivity contribution in [3.63, 3.8) is 0 Å². The fourth-order valence-electron chi connectivity index (χ4n) is 2.30. The predicted molar refractivity (Wildman–Crippen MR) is 88.4 cm³/mol. The van der Waals surface area contributed by atoms with E-state index in [0.717, 1.165) is 44.7 Å². The lowest BCUT2D eigenvalue weighted by Gasteiger charge is -2.32. The number of nitrogens with zero attached hydrogens (tertiary/aromatic N) is 2. The fraction of sp³-hybridized carbons (Fsp3) is 0.533. The molecule has 1 aromatic rings. The summed E-state index contributed by atoms with van der Waals surface area (Å²) in [6.45, 7) is 5.61. The van der Waals surface area contributed by atoms with Crippen LogP contribution in [0.2, 0.25) is 0 Å². The van der Waals surface area contributed by atoms with E-state index in [4.69, 9.17) is 0 Å². The molecule has 1 heterocycles. The molecule has 1 aliphatic rings. The van der Waals surface area contributed by atoms with Crippen molar-refractivity contribution in [1.82, 2.24) is 9.80 Å². The van der Waals surface area contributed by atoms with Gasteiger partial charge in [0.15, 0.2) is 5.78 Å². The monoisotopic (exact) mass is 318 g/mol. The highest BCUT2D eigenvalue weighted by Gasteiger charge is 2.13. The maximum absolute atomic E-state index is 11.9. The molecule has 0 atom stereocenters. The zero-order valence-corrected chi connectivity index (χ0v) is 13.6. The van der Waals surface area contributed by atoms with E-state index in [1.807, 2.05) is 30.3 Å². The lowest BCUT2D eigenvalue weighted by Crippen LogP contribution is -2.44. The molecule has 1 fully saturated rings. The third-order valence-corrected chi connectivity index (χ3v) is 3.57. The molecule has 0 aromatic heterocycles. The number of likely N-dealkylation sites (N-methyl/N-ethyl adjacent to an activating group) is 1. The molecule has 5 heteroatoms. The molecule has 1 saturated heterocycles. The van der Waals surface area contributed by atoms with E-state index < -0.39 is 0 Å². The Bertz CT molecular complexity index is 379. The molecule has 114 valence electrons. The highest BCUT2D eigenvalue weighted by molar-refractivity contribution is 5.95. The molecule has 0 amide bonds. The summed E-state index contributed by atoms with van der Waals surface area (Å²) >= 11 is 0. The van der Waals surface area contributed by atoms with E-state index in [9.17, 15) is 4.79 Å². The number of carbonyl (C=O) groups is 1. The van der Waals surface area contributed by atoms with Gasteiger partial charge in [-0.2, -0.15) is 0 Å². The van der Waals surface area contributed by atoms with E-state index in [1.54, 1.807) is 0 Å². The van der Waals surface area contributed by atoms with Gasteiger partial charge in [0.1, 0.15) is 0 Å². The number of piperazine rings is 1. The molecule has 0 spiro atoms. The van der Waals surface area contributed by atoms with E-state index in [2.05, 4.69) is 16.8 Å². The molecule has 0 saturated carbocycles. The first kappa shape index (κ1) is 19.4. The van der Waals surface area contributed by atoms with E-state index in [1.165, 1.54) is 0 Å². The van der Waals surface area contributed by atoms with Gasteiger partial charge in [-0.25, -0.2) is 0 Å². The van der Waals surface area contributed by atoms with Crippen molar-refractivity contribution in [2.75, 3.05) is 39.8 Å². The number of rotatable bonds is 5. The molecule has 1 aromatic carbocycles. The summed E-state index contributed by atoms with van der Waals surface area (Å²) in [5.41, 5.74) is 0.843. The lowest BCUT2D eigenvalue weighted by atomic mass is 10.1. The Hall–Kier alpha value is -0.610. The summed E-state index contributed by atoms with van der Waals surface area (Å²) in [4.78, 5) is 16.7. The van der Waals surface area contributed by atoms with Crippen LogP contribution >= 0.6 is 24.8 Å². The largest absolute Gasteiger partial charge is 0.304 e. The van der Waals surface area contributed by atoms with Crippen molar-refractivity contribution in [2.24, 2.45) is 0 Å². The van der Waals surface area contributed by atoms with Crippen molar-refractivity contribution in [1.29, 1.82) is 0 Å². The van der Waals surface area contributed by atoms with Gasteiger partial charge in [0, 0.05) is 38.2 Å². The highest BCUT2D eigenvalue weighted by Crippen LogP contribution is 2.07. The first-order valence-corrected chi connectivity index (χ1v) is 6.75. The molecule has 0 unspecified atom stereocenters. The van der Waals surface area contributed by atoms with Crippen LogP contribution in [0, 0.1) is 0 Å². The van der Waals surface area contributed by atoms with Gasteiger partial charge in [-0.3, -0.25) is 4.79 Å². The minimum atomic E-state index is 0. The molecule has 1 aliphatic heterocycles. The van der Waals surface area contributed by atoms with Gasteiger partial charge in [-0.05, 0) is 20.0 Å². The molecular formula is C15H24Cl2N2O. The maximum atomic E-state index is 11.9. The minimum absolute atomic E-state index is 0. The smallest absolute Gasteiger partial charge is 0.162 e. The van der Waals surface area contributed by atoms with Crippen molar-refractivity contribution >= 4 is 30.6 Å². The number of hydrogen-bond donors (Lipinski definition) is 0. The Labute approximate surface area is 134 Å². The summed E-state index contributed by atoms with van der Waals surface area (Å²) in [6, 6.07) is 9.60. The summed E-state index contributed by atoms with van der Waals surface area (Å²) in [5.74, 6) is 0.268. The van der Waals surface area contributed by atoms with Gasteiger partial charge >= 0.3 is 0 Å². The van der Waals surface area contributed by atoms with Gasteiger partial charge in [0.2, 0.25) is 0 Å². The first-order chi connectivity index (χ1) is 8.75. The first-order valence-electron chi connectivity index (χ1n) is 6.75. The van der Waals surface area contributed by atoms with Crippen LogP contribution in [0.25, 0.3) is 0 Å². The van der Waals surface area contributed by atoms with Crippen LogP contribution in [-0.4, -0.2) is 55.4 Å². The molecule has 0 aliphatic carbocycles. The second-order valence-electron chi connectivity index (χ2n) is 5.04. The average molecular weight is 319 g/mol. The van der Waals surface area contributed by atoms with Crippen LogP contribution in [0.15, 0.2) is 30.3 Å². The number of carbonyl (C=O) groups excluding carboxylic acids is 1. The SMILES string of the molecule is CN1CCN(CCCC(=O)c2ccccc2)CC1.Cl.Cl. The van der Waals surface area contributed by atoms with Crippen molar-refractivity contribution < 1.29 is 4.79 Å². The van der Waals surface area contributed by atoms with Gasteiger partial charge in [-0.1, -0.05) is 30.3 Å². The van der Waals surface area contributed by atoms with Crippen LogP contribution in [-0.2, 0) is 0 Å². The van der Waals surface area contributed by atoms with Crippen LogP contribution in [0.4, 0.5) is 0 Å². The molecule has 20 heavy (non-hydrogen) atoms. The summed E-state index contributed by atoms with van der Waals surface area (Å²) in [5, 5.41) is 0. The molecule has 0 radical (unpaired) electrons. The van der Waals surface area contributed by atoms with Crippen molar-refractivity contribution in [2.45, 2.75) is 12.8 Å². The van der Waals surface area contributed by atoms with Gasteiger partial charge < -0.3 is 9.80 Å². The minimum Gasteiger partial charge on any atom is -0.304 e. The molecule has 0 N–H and O–H groups in total. The lowest BCUT2D eigenvalue weighted by molar-refractivity contribution is 0.0967. The van der Waals surface area contributed by atoms with E-state index >= 15 is 0 Å². The van der Waals surface area contributed by atoms with Crippen LogP contribution < -0.4 is 0 Å². The predicted octanol–water partition coefficient (Wildman–Crippen LogP) is 2.74. The summed E-state index contributed by atoms with van der Waals surface area (Å²) < 4.78 is 0. The zero-order valence-electron chi connectivity index (χ0n) is 12.0. The Kier molecular flexibility index (Phi) is 9.86. The van der Waals surface area contributed by atoms with E-state index in [-0.39, 0.29) is 30.6 Å². The topological polar surface area (TPSA) is 23.6 Å². The van der Waals surface area contributed by atoms with E-state index in [0.29, 0.717) is 6.42 Å². The molecule has 0 bridgehead atoms. The highest BCUT2D eigenvalue weighted by atomic mass is 35.5. The summed E-state index contributed by atoms with van der Waals surface area (Å²) in [7, 11) is 2.16. The molecular weight excluding hydrogens is 295 g/mol. The summed E-state index contributed by atoms with van der Waals surface area (Å²) in [6.07, 6.45) is 1.63. The third-order valence-electron chi connectivity index (χ3n) is 3.57. The Morgan fingerprint density at radius 2 is 1.65 bits per heavy atom. The Balaban J connectivity index is 0.00000180. The molecule has 3 nitrogen and oxygen atoms in total. The normalized spacial score (nSPS) is 16.1. The zero-order chi connectivity index (χ0) is 12.8. The van der Waals surface area contributed by atoms with Gasteiger partial charge in [0.05, 0.1) is 0 Å². The number of ketones is 1. The van der Waals surface area contributed by atoms with Crippen molar-refractivity contribution in [3.8, 4) is 0 Å². The number of hydrogen-bond acceptors (Lipinski definition) is 3. The third kappa shape index (κ3) is 6.23. The Morgan fingerprint density at radius 1 is 1.05 bits per heavy atom. The second-order valence-corrected chi connectivity index (χ2v) is 5.04. The van der Waals surface area contributed by atoms with Crippen LogP contribution in [0.5, 0.6) is 0 Å². The number of Topliss-reactive ketones (excluding diaryl/α,β-unsaturated/α-hetero) is 1. The van der Waals surface area contributed by atoms with Gasteiger partial charge in [-0.15, -0.1) is 24.8 Å². The number of benzene rings is 1. The maximum Gasteiger partial charge on any atom is 0.162 e. The average Bonchev–Trinajstić information content (AvgIpc) is 2.42. The number of halogens is 2. The van der Waals surface area contributed by atoms with Crippen LogP contribution in [0.1, 0.15) is 23.2 Å². The Morgan fingerprint density at radius 3 is 2.25 bits per heavy atom. The standard InChI is InChI=1S/C15H22N2O.2ClH/c1-16-10-12-17(13-11-16)9-5-8-15(18)14-6-3-2-4-7-14;;/h2-4,6-7H,5,8-13H2,1H3;2*1H. The molecule has 2 rings (SSSR count). The van der Waals surface area contributed by atoms with Gasteiger partial charge in [0.25, 0.3) is 0 Å². The van der Waals surface area contributed by atoms with Crippen molar-refractivity contribution in [3.05, 3.63) is 35.9 Å². The fourth-order valence-corrected chi connectivity index (χ4v) is 2.30. The van der Waals surface area contributed by atoms with Crippen LogP contribution in [0.3, 0.4) is 0 Å². The second kappa shape index (κ2) is 10.2. The quantitative estimate of drug-likeness (QED) is 0.780.